The van der Waals surface area contributed by atoms with Crippen LogP contribution in [0.15, 0.2) is 142 Å². The van der Waals surface area contributed by atoms with Crippen LogP contribution in [-0.4, -0.2) is 30.2 Å². The lowest BCUT2D eigenvalue weighted by Gasteiger charge is -2.35. The molecule has 0 aromatic rings. The zero-order chi connectivity index (χ0) is 33.2. The number of hydrogen-bond acceptors (Lipinski definition) is 3. The van der Waals surface area contributed by atoms with E-state index in [2.05, 4.69) is 97.1 Å². The van der Waals surface area contributed by atoms with E-state index in [0.717, 1.165) is 42.3 Å². The summed E-state index contributed by atoms with van der Waals surface area (Å²) in [7, 11) is 1.72. The first-order valence-electron chi connectivity index (χ1n) is 15.5. The van der Waals surface area contributed by atoms with Crippen LogP contribution in [0.3, 0.4) is 0 Å². The molecule has 0 saturated heterocycles. The highest BCUT2D eigenvalue weighted by molar-refractivity contribution is 5.78. The Labute approximate surface area is 268 Å². The van der Waals surface area contributed by atoms with Crippen LogP contribution < -0.4 is 0 Å². The SMILES string of the molecule is COC(C)(C)C/C=C/C(C)=C/C=C/C(C=O)=C\C=C\C(C)=C\C=C\C=C(C)\C=C\C=C(C)\C=C\C1=C(C)C[C@@H](O)CC1(C)C. The van der Waals surface area contributed by atoms with Crippen LogP contribution in [0.4, 0.5) is 0 Å². The van der Waals surface area contributed by atoms with E-state index in [1.165, 1.54) is 16.7 Å². The maximum atomic E-state index is 11.4. The second kappa shape index (κ2) is 19.7. The Bertz CT molecular complexity index is 1320. The topological polar surface area (TPSA) is 46.5 Å². The van der Waals surface area contributed by atoms with E-state index in [-0.39, 0.29) is 17.1 Å². The molecular weight excluding hydrogens is 540 g/mol. The normalized spacial score (nSPS) is 20.2. The molecule has 0 aromatic carbocycles. The standard InChI is InChI=1S/C41H56O3/c1-32(19-13-20-35(4)26-27-39-36(5)29-38(43)30-40(39,6)7)17-11-12-18-33(2)21-14-24-37(31-42)25-15-22-34(3)23-16-28-41(8,9)44-10/h11-27,31,38,43H,28-30H2,1-10H3/b12-11+,19-13+,21-14+,23-16+,25-15+,27-26+,32-17+,33-18+,34-22+,35-20+,37-24+/t38-/m1/s1. The van der Waals surface area contributed by atoms with Gasteiger partial charge in [-0.2, -0.15) is 0 Å². The third-order valence-electron chi connectivity index (χ3n) is 7.51. The first-order chi connectivity index (χ1) is 20.7. The van der Waals surface area contributed by atoms with Crippen molar-refractivity contribution in [3.05, 3.63) is 142 Å². The minimum Gasteiger partial charge on any atom is -0.393 e. The Morgan fingerprint density at radius 3 is 1.86 bits per heavy atom. The molecule has 0 aliphatic heterocycles. The van der Waals surface area contributed by atoms with E-state index in [9.17, 15) is 9.90 Å². The van der Waals surface area contributed by atoms with Gasteiger partial charge in [-0.3, -0.25) is 4.79 Å². The number of hydrogen-bond donors (Lipinski definition) is 1. The minimum absolute atomic E-state index is 0.00736. The molecule has 0 amide bonds. The van der Waals surface area contributed by atoms with Crippen LogP contribution in [-0.2, 0) is 9.53 Å². The van der Waals surface area contributed by atoms with Crippen molar-refractivity contribution in [1.82, 2.24) is 0 Å². The molecule has 3 nitrogen and oxygen atoms in total. The van der Waals surface area contributed by atoms with Gasteiger partial charge in [-0.15, -0.1) is 0 Å². The van der Waals surface area contributed by atoms with E-state index in [1.807, 2.05) is 68.5 Å². The van der Waals surface area contributed by atoms with Crippen LogP contribution in [0.5, 0.6) is 0 Å². The first-order valence-corrected chi connectivity index (χ1v) is 15.5. The summed E-state index contributed by atoms with van der Waals surface area (Å²) in [4.78, 5) is 11.4. The van der Waals surface area contributed by atoms with Gasteiger partial charge in [0.05, 0.1) is 11.7 Å². The molecule has 0 fully saturated rings. The highest BCUT2D eigenvalue weighted by Gasteiger charge is 2.31. The lowest BCUT2D eigenvalue weighted by atomic mass is 9.71. The average Bonchev–Trinajstić information content (AvgIpc) is 2.93. The lowest BCUT2D eigenvalue weighted by molar-refractivity contribution is -0.104. The van der Waals surface area contributed by atoms with Crippen molar-refractivity contribution in [2.24, 2.45) is 5.41 Å². The number of ether oxygens (including phenoxy) is 1. The van der Waals surface area contributed by atoms with Gasteiger partial charge in [0.15, 0.2) is 0 Å². The fraction of sp³-hybridized carbons (Fsp3) is 0.390. The largest absolute Gasteiger partial charge is 0.393 e. The van der Waals surface area contributed by atoms with E-state index in [1.54, 1.807) is 7.11 Å². The molecule has 1 aliphatic carbocycles. The Balaban J connectivity index is 2.67. The zero-order valence-corrected chi connectivity index (χ0v) is 28.9. The molecule has 238 valence electrons. The number of carbonyl (C=O) groups excluding carboxylic acids is 1. The number of rotatable bonds is 15. The highest BCUT2D eigenvalue weighted by Crippen LogP contribution is 2.41. The summed E-state index contributed by atoms with van der Waals surface area (Å²) >= 11 is 0. The predicted octanol–water partition coefficient (Wildman–Crippen LogP) is 10.5. The molecule has 0 heterocycles. The van der Waals surface area contributed by atoms with E-state index in [0.29, 0.717) is 5.57 Å². The van der Waals surface area contributed by atoms with Crippen molar-refractivity contribution in [2.75, 3.05) is 7.11 Å². The van der Waals surface area contributed by atoms with Crippen LogP contribution in [0, 0.1) is 5.41 Å². The molecule has 0 bridgehead atoms. The van der Waals surface area contributed by atoms with Crippen molar-refractivity contribution >= 4 is 6.29 Å². The average molecular weight is 597 g/mol. The molecule has 3 heteroatoms. The van der Waals surface area contributed by atoms with Crippen molar-refractivity contribution in [2.45, 2.75) is 93.3 Å². The maximum Gasteiger partial charge on any atom is 0.150 e. The third-order valence-corrected chi connectivity index (χ3v) is 7.51. The van der Waals surface area contributed by atoms with Gasteiger partial charge in [0, 0.05) is 12.7 Å². The Morgan fingerprint density at radius 1 is 0.818 bits per heavy atom. The number of carbonyl (C=O) groups is 1. The summed E-state index contributed by atoms with van der Waals surface area (Å²) in [6, 6.07) is 0. The van der Waals surface area contributed by atoms with Gasteiger partial charge >= 0.3 is 0 Å². The lowest BCUT2D eigenvalue weighted by Crippen LogP contribution is -2.28. The Hall–Kier alpha value is -3.53. The van der Waals surface area contributed by atoms with Crippen LogP contribution >= 0.6 is 0 Å². The van der Waals surface area contributed by atoms with Gasteiger partial charge in [0.2, 0.25) is 0 Å². The van der Waals surface area contributed by atoms with Crippen molar-refractivity contribution in [3.63, 3.8) is 0 Å². The molecule has 0 unspecified atom stereocenters. The molecule has 44 heavy (non-hydrogen) atoms. The molecule has 1 rings (SSSR count). The molecule has 1 N–H and O–H groups in total. The van der Waals surface area contributed by atoms with Crippen molar-refractivity contribution in [1.29, 1.82) is 0 Å². The molecular formula is C41H56O3. The van der Waals surface area contributed by atoms with Gasteiger partial charge in [0.1, 0.15) is 6.29 Å². The second-order valence-electron chi connectivity index (χ2n) is 12.9. The highest BCUT2D eigenvalue weighted by atomic mass is 16.5. The van der Waals surface area contributed by atoms with E-state index in [4.69, 9.17) is 4.74 Å². The van der Waals surface area contributed by atoms with Crippen LogP contribution in [0.25, 0.3) is 0 Å². The maximum absolute atomic E-state index is 11.4. The molecule has 0 spiro atoms. The zero-order valence-electron chi connectivity index (χ0n) is 28.9. The molecule has 0 saturated carbocycles. The van der Waals surface area contributed by atoms with Gasteiger partial charge in [-0.25, -0.2) is 0 Å². The Morgan fingerprint density at radius 2 is 1.32 bits per heavy atom. The fourth-order valence-electron chi connectivity index (χ4n) is 4.75. The molecule has 0 aromatic heterocycles. The molecule has 1 atom stereocenters. The Kier molecular flexibility index (Phi) is 17.2. The minimum atomic E-state index is -0.237. The number of allylic oxidation sites excluding steroid dienone is 22. The monoisotopic (exact) mass is 596 g/mol. The van der Waals surface area contributed by atoms with Crippen LogP contribution in [0.1, 0.15) is 81.6 Å². The third kappa shape index (κ3) is 16.4. The van der Waals surface area contributed by atoms with E-state index >= 15 is 0 Å². The first kappa shape index (κ1) is 38.5. The summed E-state index contributed by atoms with van der Waals surface area (Å²) in [6.07, 6.45) is 37.3. The van der Waals surface area contributed by atoms with Gasteiger partial charge in [0.25, 0.3) is 0 Å². The summed E-state index contributed by atoms with van der Waals surface area (Å²) in [5, 5.41) is 10.1. The summed E-state index contributed by atoms with van der Waals surface area (Å²) in [5.41, 5.74) is 7.56. The second-order valence-corrected chi connectivity index (χ2v) is 12.9. The molecule has 1 aliphatic rings. The number of methoxy groups -OCH3 is 1. The number of aldehydes is 1. The van der Waals surface area contributed by atoms with Crippen LogP contribution in [0.2, 0.25) is 0 Å². The van der Waals surface area contributed by atoms with E-state index < -0.39 is 0 Å². The molecule has 0 radical (unpaired) electrons. The number of aliphatic hydroxyl groups is 1. The fourth-order valence-corrected chi connectivity index (χ4v) is 4.75. The quantitative estimate of drug-likeness (QED) is 0.116. The van der Waals surface area contributed by atoms with Gasteiger partial charge in [-0.1, -0.05) is 145 Å². The van der Waals surface area contributed by atoms with Gasteiger partial charge in [-0.05, 0) is 78.7 Å². The van der Waals surface area contributed by atoms with Crippen molar-refractivity contribution in [3.8, 4) is 0 Å². The smallest absolute Gasteiger partial charge is 0.150 e. The summed E-state index contributed by atoms with van der Waals surface area (Å²) in [5.74, 6) is 0. The number of aliphatic hydroxyl groups excluding tert-OH is 1. The summed E-state index contributed by atoms with van der Waals surface area (Å²) in [6.45, 7) is 18.9. The van der Waals surface area contributed by atoms with Gasteiger partial charge < -0.3 is 9.84 Å². The predicted molar refractivity (Wildman–Crippen MR) is 191 cm³/mol. The summed E-state index contributed by atoms with van der Waals surface area (Å²) < 4.78 is 5.43. The van der Waals surface area contributed by atoms with Crippen molar-refractivity contribution < 1.29 is 14.6 Å².